The van der Waals surface area contributed by atoms with Crippen LogP contribution in [0.3, 0.4) is 0 Å². The number of nitrogens with one attached hydrogen (secondary N) is 1. The Labute approximate surface area is 57.1 Å². The topological polar surface area (TPSA) is 38.0 Å². The van der Waals surface area contributed by atoms with Crippen molar-refractivity contribution in [3.05, 3.63) is 12.2 Å². The van der Waals surface area contributed by atoms with Crippen molar-refractivity contribution in [1.82, 2.24) is 5.32 Å². The maximum atomic E-state index is 5.31. The summed E-state index contributed by atoms with van der Waals surface area (Å²) in [6.45, 7) is 8.41. The molecule has 0 heterocycles. The SMILES string of the molecule is C=C(CN)CNCCC. The Morgan fingerprint density at radius 3 is 2.78 bits per heavy atom. The van der Waals surface area contributed by atoms with Crippen molar-refractivity contribution in [2.45, 2.75) is 13.3 Å². The molecule has 0 atom stereocenters. The van der Waals surface area contributed by atoms with E-state index < -0.39 is 0 Å². The van der Waals surface area contributed by atoms with E-state index in [0.29, 0.717) is 6.54 Å². The summed E-state index contributed by atoms with van der Waals surface area (Å²) in [4.78, 5) is 0. The van der Waals surface area contributed by atoms with E-state index in [1.165, 1.54) is 0 Å². The van der Waals surface area contributed by atoms with Crippen LogP contribution in [0.2, 0.25) is 0 Å². The molecule has 0 unspecified atom stereocenters. The molecule has 0 fully saturated rings. The van der Waals surface area contributed by atoms with Crippen LogP contribution in [-0.2, 0) is 0 Å². The average Bonchev–Trinajstić information content (AvgIpc) is 1.89. The van der Waals surface area contributed by atoms with Crippen LogP contribution in [0.25, 0.3) is 0 Å². The number of hydrogen-bond acceptors (Lipinski definition) is 2. The Bertz CT molecular complexity index is 79.0. The highest BCUT2D eigenvalue weighted by atomic mass is 14.8. The van der Waals surface area contributed by atoms with Gasteiger partial charge < -0.3 is 11.1 Å². The van der Waals surface area contributed by atoms with E-state index in [4.69, 9.17) is 5.73 Å². The minimum Gasteiger partial charge on any atom is -0.327 e. The lowest BCUT2D eigenvalue weighted by molar-refractivity contribution is 0.709. The first-order chi connectivity index (χ1) is 4.31. The molecule has 0 aromatic carbocycles. The monoisotopic (exact) mass is 128 g/mol. The molecule has 0 aliphatic rings. The number of rotatable bonds is 5. The standard InChI is InChI=1S/C7H16N2/c1-3-4-9-6-7(2)5-8/h9H,2-6,8H2,1H3. The van der Waals surface area contributed by atoms with E-state index >= 15 is 0 Å². The molecule has 0 bridgehead atoms. The van der Waals surface area contributed by atoms with E-state index in [-0.39, 0.29) is 0 Å². The summed E-state index contributed by atoms with van der Waals surface area (Å²) in [5, 5.41) is 3.21. The molecule has 0 saturated heterocycles. The molecular formula is C7H16N2. The van der Waals surface area contributed by atoms with Gasteiger partial charge in [-0.3, -0.25) is 0 Å². The Morgan fingerprint density at radius 2 is 2.33 bits per heavy atom. The van der Waals surface area contributed by atoms with Gasteiger partial charge in [-0.05, 0) is 13.0 Å². The van der Waals surface area contributed by atoms with E-state index in [9.17, 15) is 0 Å². The van der Waals surface area contributed by atoms with Crippen LogP contribution in [0, 0.1) is 0 Å². The van der Waals surface area contributed by atoms with Crippen molar-refractivity contribution in [2.24, 2.45) is 5.73 Å². The second kappa shape index (κ2) is 5.79. The van der Waals surface area contributed by atoms with Crippen molar-refractivity contribution in [2.75, 3.05) is 19.6 Å². The van der Waals surface area contributed by atoms with Crippen LogP contribution in [0.4, 0.5) is 0 Å². The van der Waals surface area contributed by atoms with Crippen LogP contribution < -0.4 is 11.1 Å². The Balaban J connectivity index is 2.97. The second-order valence-corrected chi connectivity index (χ2v) is 2.13. The van der Waals surface area contributed by atoms with Crippen molar-refractivity contribution < 1.29 is 0 Å². The van der Waals surface area contributed by atoms with Gasteiger partial charge in [-0.1, -0.05) is 19.1 Å². The zero-order valence-electron chi connectivity index (χ0n) is 6.11. The summed E-state index contributed by atoms with van der Waals surface area (Å²) in [7, 11) is 0. The molecule has 0 radical (unpaired) electrons. The summed E-state index contributed by atoms with van der Waals surface area (Å²) in [6, 6.07) is 0. The molecule has 9 heavy (non-hydrogen) atoms. The van der Waals surface area contributed by atoms with Gasteiger partial charge in [-0.2, -0.15) is 0 Å². The fraction of sp³-hybridized carbons (Fsp3) is 0.714. The van der Waals surface area contributed by atoms with Crippen LogP contribution in [0.1, 0.15) is 13.3 Å². The van der Waals surface area contributed by atoms with E-state index in [0.717, 1.165) is 25.1 Å². The van der Waals surface area contributed by atoms with Crippen LogP contribution in [-0.4, -0.2) is 19.6 Å². The van der Waals surface area contributed by atoms with Gasteiger partial charge in [0.2, 0.25) is 0 Å². The molecule has 0 aliphatic carbocycles. The molecule has 0 saturated carbocycles. The molecule has 2 heteroatoms. The third-order valence-corrected chi connectivity index (χ3v) is 1.09. The van der Waals surface area contributed by atoms with Crippen LogP contribution >= 0.6 is 0 Å². The average molecular weight is 128 g/mol. The molecule has 0 aromatic rings. The lowest BCUT2D eigenvalue weighted by Crippen LogP contribution is -2.20. The van der Waals surface area contributed by atoms with Crippen LogP contribution in [0.5, 0.6) is 0 Å². The van der Waals surface area contributed by atoms with Gasteiger partial charge in [0.25, 0.3) is 0 Å². The van der Waals surface area contributed by atoms with Crippen molar-refractivity contribution in [3.63, 3.8) is 0 Å². The van der Waals surface area contributed by atoms with E-state index in [1.54, 1.807) is 0 Å². The lowest BCUT2D eigenvalue weighted by Gasteiger charge is -2.02. The maximum absolute atomic E-state index is 5.31. The molecule has 0 aromatic heterocycles. The highest BCUT2D eigenvalue weighted by molar-refractivity contribution is 4.97. The minimum absolute atomic E-state index is 0.594. The zero-order valence-corrected chi connectivity index (χ0v) is 6.11. The number of nitrogens with two attached hydrogens (primary N) is 1. The fourth-order valence-corrected chi connectivity index (χ4v) is 0.514. The quantitative estimate of drug-likeness (QED) is 0.418. The molecule has 0 spiro atoms. The summed E-state index contributed by atoms with van der Waals surface area (Å²) in [5.41, 5.74) is 6.39. The summed E-state index contributed by atoms with van der Waals surface area (Å²) < 4.78 is 0. The Morgan fingerprint density at radius 1 is 1.67 bits per heavy atom. The number of hydrogen-bond donors (Lipinski definition) is 2. The molecule has 0 amide bonds. The van der Waals surface area contributed by atoms with Gasteiger partial charge >= 0.3 is 0 Å². The minimum atomic E-state index is 0.594. The van der Waals surface area contributed by atoms with Gasteiger partial charge in [0.05, 0.1) is 0 Å². The van der Waals surface area contributed by atoms with Crippen molar-refractivity contribution in [3.8, 4) is 0 Å². The smallest absolute Gasteiger partial charge is 0.0174 e. The molecule has 0 rings (SSSR count). The van der Waals surface area contributed by atoms with Gasteiger partial charge in [-0.15, -0.1) is 0 Å². The molecular weight excluding hydrogens is 112 g/mol. The Kier molecular flexibility index (Phi) is 5.57. The summed E-state index contributed by atoms with van der Waals surface area (Å²) in [6.07, 6.45) is 1.16. The fourth-order valence-electron chi connectivity index (χ4n) is 0.514. The maximum Gasteiger partial charge on any atom is 0.0174 e. The molecule has 3 N–H and O–H groups in total. The predicted octanol–water partition coefficient (Wildman–Crippen LogP) is 0.501. The highest BCUT2D eigenvalue weighted by Crippen LogP contribution is 1.80. The largest absolute Gasteiger partial charge is 0.327 e. The molecule has 0 aliphatic heterocycles. The summed E-state index contributed by atoms with van der Waals surface area (Å²) in [5.74, 6) is 0. The third-order valence-electron chi connectivity index (χ3n) is 1.09. The Hall–Kier alpha value is -0.340. The zero-order chi connectivity index (χ0) is 7.11. The molecule has 54 valence electrons. The van der Waals surface area contributed by atoms with Crippen molar-refractivity contribution >= 4 is 0 Å². The third kappa shape index (κ3) is 5.53. The van der Waals surface area contributed by atoms with E-state index in [1.807, 2.05) is 0 Å². The predicted molar refractivity (Wildman–Crippen MR) is 41.4 cm³/mol. The van der Waals surface area contributed by atoms with Gasteiger partial charge in [0, 0.05) is 13.1 Å². The molecule has 2 nitrogen and oxygen atoms in total. The lowest BCUT2D eigenvalue weighted by atomic mass is 10.3. The summed E-state index contributed by atoms with van der Waals surface area (Å²) >= 11 is 0. The first-order valence-electron chi connectivity index (χ1n) is 3.38. The van der Waals surface area contributed by atoms with Crippen molar-refractivity contribution in [1.29, 1.82) is 0 Å². The first-order valence-corrected chi connectivity index (χ1v) is 3.38. The highest BCUT2D eigenvalue weighted by Gasteiger charge is 1.86. The van der Waals surface area contributed by atoms with Crippen LogP contribution in [0.15, 0.2) is 12.2 Å². The van der Waals surface area contributed by atoms with Gasteiger partial charge in [0.1, 0.15) is 0 Å². The normalized spacial score (nSPS) is 9.56. The second-order valence-electron chi connectivity index (χ2n) is 2.13. The van der Waals surface area contributed by atoms with E-state index in [2.05, 4.69) is 18.8 Å². The van der Waals surface area contributed by atoms with Gasteiger partial charge in [-0.25, -0.2) is 0 Å². The van der Waals surface area contributed by atoms with Gasteiger partial charge in [0.15, 0.2) is 0 Å². The first kappa shape index (κ1) is 8.66.